The van der Waals surface area contributed by atoms with Crippen LogP contribution in [-0.4, -0.2) is 46.2 Å². The lowest BCUT2D eigenvalue weighted by Crippen LogP contribution is -2.37. The Morgan fingerprint density at radius 1 is 1.12 bits per heavy atom. The number of nitrogens with zero attached hydrogens (tertiary/aromatic N) is 4. The van der Waals surface area contributed by atoms with Gasteiger partial charge in [-0.3, -0.25) is 0 Å². The largest absolute Gasteiger partial charge is 0.378 e. The molecule has 1 saturated heterocycles. The van der Waals surface area contributed by atoms with Crippen LogP contribution in [0.4, 0.5) is 17.6 Å². The second-order valence-corrected chi connectivity index (χ2v) is 5.98. The molecule has 124 valence electrons. The van der Waals surface area contributed by atoms with Crippen LogP contribution < -0.4 is 10.2 Å². The van der Waals surface area contributed by atoms with Crippen molar-refractivity contribution in [1.82, 2.24) is 19.9 Å². The summed E-state index contributed by atoms with van der Waals surface area (Å²) in [4.78, 5) is 19.4. The number of ether oxygens (including phenoxy) is 1. The van der Waals surface area contributed by atoms with E-state index >= 15 is 0 Å². The lowest BCUT2D eigenvalue weighted by molar-refractivity contribution is 0.122. The molecule has 7 nitrogen and oxygen atoms in total. The van der Waals surface area contributed by atoms with Crippen molar-refractivity contribution in [2.75, 3.05) is 36.5 Å². The van der Waals surface area contributed by atoms with Gasteiger partial charge in [0.25, 0.3) is 0 Å². The molecule has 1 aliphatic rings. The SMILES string of the molecule is Cc1cccc(Nc2nc(N3CCOCC3)nc3[nH]c(C)cc23)n1. The first kappa shape index (κ1) is 14.9. The Labute approximate surface area is 140 Å². The van der Waals surface area contributed by atoms with Crippen molar-refractivity contribution in [2.45, 2.75) is 13.8 Å². The molecule has 4 heterocycles. The van der Waals surface area contributed by atoms with E-state index in [1.807, 2.05) is 32.0 Å². The zero-order valence-electron chi connectivity index (χ0n) is 13.8. The Morgan fingerprint density at radius 2 is 1.96 bits per heavy atom. The van der Waals surface area contributed by atoms with Crippen LogP contribution in [0.1, 0.15) is 11.4 Å². The number of aromatic nitrogens is 4. The monoisotopic (exact) mass is 324 g/mol. The number of hydrogen-bond donors (Lipinski definition) is 2. The van der Waals surface area contributed by atoms with E-state index in [1.165, 1.54) is 0 Å². The van der Waals surface area contributed by atoms with Crippen LogP contribution in [0.5, 0.6) is 0 Å². The minimum atomic E-state index is 0.702. The number of hydrogen-bond acceptors (Lipinski definition) is 6. The zero-order chi connectivity index (χ0) is 16.5. The van der Waals surface area contributed by atoms with Crippen LogP contribution in [0, 0.1) is 13.8 Å². The lowest BCUT2D eigenvalue weighted by atomic mass is 10.3. The average molecular weight is 324 g/mol. The van der Waals surface area contributed by atoms with Crippen molar-refractivity contribution in [2.24, 2.45) is 0 Å². The smallest absolute Gasteiger partial charge is 0.229 e. The summed E-state index contributed by atoms with van der Waals surface area (Å²) in [6.45, 7) is 6.99. The van der Waals surface area contributed by atoms with Gasteiger partial charge in [0.1, 0.15) is 17.3 Å². The van der Waals surface area contributed by atoms with Crippen LogP contribution in [0.25, 0.3) is 11.0 Å². The average Bonchev–Trinajstić information content (AvgIpc) is 2.96. The fraction of sp³-hybridized carbons (Fsp3) is 0.353. The standard InChI is InChI=1S/C17H20N6O/c1-11-4-3-5-14(18-11)20-16-13-10-12(2)19-15(13)21-17(22-16)23-6-8-24-9-7-23/h3-5,10H,6-9H2,1-2H3,(H2,18,19,20,21,22). The molecule has 3 aromatic rings. The summed E-state index contributed by atoms with van der Waals surface area (Å²) in [6, 6.07) is 7.94. The molecule has 1 aliphatic heterocycles. The predicted molar refractivity (Wildman–Crippen MR) is 93.9 cm³/mol. The summed E-state index contributed by atoms with van der Waals surface area (Å²) in [5, 5.41) is 4.31. The molecular formula is C17H20N6O. The van der Waals surface area contributed by atoms with Gasteiger partial charge in [0.15, 0.2) is 0 Å². The topological polar surface area (TPSA) is 79.0 Å². The van der Waals surface area contributed by atoms with E-state index in [-0.39, 0.29) is 0 Å². The second kappa shape index (κ2) is 6.09. The highest BCUT2D eigenvalue weighted by atomic mass is 16.5. The second-order valence-electron chi connectivity index (χ2n) is 5.98. The van der Waals surface area contributed by atoms with Gasteiger partial charge in [0.05, 0.1) is 18.6 Å². The first-order valence-corrected chi connectivity index (χ1v) is 8.10. The molecular weight excluding hydrogens is 304 g/mol. The van der Waals surface area contributed by atoms with Crippen LogP contribution in [0.15, 0.2) is 24.3 Å². The fourth-order valence-corrected chi connectivity index (χ4v) is 2.86. The van der Waals surface area contributed by atoms with E-state index < -0.39 is 0 Å². The van der Waals surface area contributed by atoms with Gasteiger partial charge in [-0.15, -0.1) is 0 Å². The number of nitrogens with one attached hydrogen (secondary N) is 2. The van der Waals surface area contributed by atoms with E-state index in [2.05, 4.69) is 31.2 Å². The number of anilines is 3. The maximum Gasteiger partial charge on any atom is 0.229 e. The number of fused-ring (bicyclic) bond motifs is 1. The van der Waals surface area contributed by atoms with E-state index in [0.717, 1.165) is 47.1 Å². The molecule has 0 saturated carbocycles. The summed E-state index contributed by atoms with van der Waals surface area (Å²) in [5.41, 5.74) is 2.85. The molecule has 0 spiro atoms. The zero-order valence-corrected chi connectivity index (χ0v) is 13.8. The first-order valence-electron chi connectivity index (χ1n) is 8.10. The summed E-state index contributed by atoms with van der Waals surface area (Å²) < 4.78 is 5.42. The molecule has 0 unspecified atom stereocenters. The Bertz CT molecular complexity index is 869. The highest BCUT2D eigenvalue weighted by Gasteiger charge is 2.18. The van der Waals surface area contributed by atoms with Crippen LogP contribution in [0.2, 0.25) is 0 Å². The van der Waals surface area contributed by atoms with E-state index in [0.29, 0.717) is 19.2 Å². The van der Waals surface area contributed by atoms with Gasteiger partial charge < -0.3 is 19.9 Å². The lowest BCUT2D eigenvalue weighted by Gasteiger charge is -2.27. The van der Waals surface area contributed by atoms with Gasteiger partial charge in [0.2, 0.25) is 5.95 Å². The van der Waals surface area contributed by atoms with Crippen LogP contribution >= 0.6 is 0 Å². The molecule has 1 fully saturated rings. The summed E-state index contributed by atoms with van der Waals surface area (Å²) in [5.74, 6) is 2.26. The molecule has 3 aromatic heterocycles. The predicted octanol–water partition coefficient (Wildman–Crippen LogP) is 2.55. The number of H-pyrrole nitrogens is 1. The molecule has 0 aliphatic carbocycles. The summed E-state index contributed by atoms with van der Waals surface area (Å²) in [7, 11) is 0. The van der Waals surface area contributed by atoms with Crippen LogP contribution in [0.3, 0.4) is 0 Å². The minimum absolute atomic E-state index is 0.702. The Balaban J connectivity index is 1.76. The first-order chi connectivity index (χ1) is 11.7. The highest BCUT2D eigenvalue weighted by Crippen LogP contribution is 2.26. The van der Waals surface area contributed by atoms with Crippen molar-refractivity contribution in [3.8, 4) is 0 Å². The van der Waals surface area contributed by atoms with Gasteiger partial charge in [-0.1, -0.05) is 6.07 Å². The van der Waals surface area contributed by atoms with E-state index in [9.17, 15) is 0 Å². The Kier molecular flexibility index (Phi) is 3.78. The number of rotatable bonds is 3. The third-order valence-corrected chi connectivity index (χ3v) is 4.04. The maximum absolute atomic E-state index is 5.42. The van der Waals surface area contributed by atoms with Crippen molar-refractivity contribution in [1.29, 1.82) is 0 Å². The number of morpholine rings is 1. The number of aryl methyl sites for hydroxylation is 2. The van der Waals surface area contributed by atoms with Gasteiger partial charge in [-0.25, -0.2) is 4.98 Å². The third kappa shape index (κ3) is 2.90. The van der Waals surface area contributed by atoms with E-state index in [1.54, 1.807) is 0 Å². The minimum Gasteiger partial charge on any atom is -0.378 e. The Hall–Kier alpha value is -2.67. The summed E-state index contributed by atoms with van der Waals surface area (Å²) in [6.07, 6.45) is 0. The summed E-state index contributed by atoms with van der Waals surface area (Å²) >= 11 is 0. The van der Waals surface area contributed by atoms with Gasteiger partial charge in [-0.2, -0.15) is 9.97 Å². The fourth-order valence-electron chi connectivity index (χ4n) is 2.86. The van der Waals surface area contributed by atoms with Crippen molar-refractivity contribution in [3.05, 3.63) is 35.7 Å². The molecule has 0 aromatic carbocycles. The molecule has 4 rings (SSSR count). The third-order valence-electron chi connectivity index (χ3n) is 4.04. The molecule has 2 N–H and O–H groups in total. The molecule has 0 amide bonds. The van der Waals surface area contributed by atoms with Crippen molar-refractivity contribution < 1.29 is 4.74 Å². The van der Waals surface area contributed by atoms with Crippen molar-refractivity contribution >= 4 is 28.6 Å². The maximum atomic E-state index is 5.42. The van der Waals surface area contributed by atoms with Gasteiger partial charge in [-0.05, 0) is 32.0 Å². The quantitative estimate of drug-likeness (QED) is 0.771. The Morgan fingerprint density at radius 3 is 2.75 bits per heavy atom. The molecule has 0 bridgehead atoms. The normalized spacial score (nSPS) is 15.0. The highest BCUT2D eigenvalue weighted by molar-refractivity contribution is 5.90. The van der Waals surface area contributed by atoms with Crippen molar-refractivity contribution in [3.63, 3.8) is 0 Å². The number of pyridine rings is 1. The van der Waals surface area contributed by atoms with Gasteiger partial charge >= 0.3 is 0 Å². The molecule has 0 radical (unpaired) electrons. The number of aromatic amines is 1. The molecule has 24 heavy (non-hydrogen) atoms. The molecule has 7 heteroatoms. The van der Waals surface area contributed by atoms with E-state index in [4.69, 9.17) is 9.72 Å². The van der Waals surface area contributed by atoms with Gasteiger partial charge in [0, 0.05) is 24.5 Å². The molecule has 0 atom stereocenters. The van der Waals surface area contributed by atoms with Crippen LogP contribution in [-0.2, 0) is 4.74 Å².